The first-order valence-electron chi connectivity index (χ1n) is 6.96. The van der Waals surface area contributed by atoms with Crippen LogP contribution in [0, 0.1) is 0 Å². The van der Waals surface area contributed by atoms with E-state index in [1.54, 1.807) is 0 Å². The minimum atomic E-state index is -0.415. The van der Waals surface area contributed by atoms with E-state index in [1.807, 2.05) is 24.3 Å². The third-order valence-electron chi connectivity index (χ3n) is 3.87. The van der Waals surface area contributed by atoms with Crippen LogP contribution >= 0.6 is 0 Å². The number of benzene rings is 1. The summed E-state index contributed by atoms with van der Waals surface area (Å²) in [6, 6.07) is 7.69. The Kier molecular flexibility index (Phi) is 3.87. The topological polar surface area (TPSA) is 105 Å². The number of nitrogen functional groups attached to an aromatic ring is 1. The molecular formula is C14H19N5O2. The number of fused-ring (bicyclic) bond motifs is 1. The molecule has 112 valence electrons. The van der Waals surface area contributed by atoms with E-state index in [0.29, 0.717) is 25.0 Å². The van der Waals surface area contributed by atoms with E-state index in [1.165, 1.54) is 0 Å². The second-order valence-electron chi connectivity index (χ2n) is 5.23. The van der Waals surface area contributed by atoms with Crippen LogP contribution in [0.15, 0.2) is 24.3 Å². The monoisotopic (exact) mass is 289 g/mol. The summed E-state index contributed by atoms with van der Waals surface area (Å²) in [5.41, 5.74) is 2.86. The highest BCUT2D eigenvalue weighted by atomic mass is 16.5. The van der Waals surface area contributed by atoms with E-state index in [9.17, 15) is 5.11 Å². The number of nitrogens with two attached hydrogens (primary N) is 1. The largest absolute Gasteiger partial charge is 0.394 e. The Balaban J connectivity index is 2.02. The van der Waals surface area contributed by atoms with Gasteiger partial charge in [0.1, 0.15) is 5.82 Å². The molecule has 0 unspecified atom stereocenters. The molecule has 0 spiro atoms. The molecule has 0 aliphatic carbocycles. The first kappa shape index (κ1) is 14.0. The van der Waals surface area contributed by atoms with Crippen molar-refractivity contribution in [3.05, 3.63) is 24.3 Å². The molecule has 1 aromatic carbocycles. The molecular weight excluding hydrogens is 270 g/mol. The average molecular weight is 289 g/mol. The van der Waals surface area contributed by atoms with Crippen molar-refractivity contribution in [2.75, 3.05) is 30.6 Å². The molecule has 0 bridgehead atoms. The Bertz CT molecular complexity index is 628. The quantitative estimate of drug-likeness (QED) is 0.489. The van der Waals surface area contributed by atoms with Gasteiger partial charge in [-0.1, -0.05) is 12.1 Å². The summed E-state index contributed by atoms with van der Waals surface area (Å²) in [6.07, 6.45) is 1.46. The van der Waals surface area contributed by atoms with Crippen molar-refractivity contribution in [2.45, 2.75) is 18.4 Å². The highest BCUT2D eigenvalue weighted by Crippen LogP contribution is 2.29. The van der Waals surface area contributed by atoms with E-state index < -0.39 is 5.54 Å². The predicted molar refractivity (Wildman–Crippen MR) is 80.8 cm³/mol. The van der Waals surface area contributed by atoms with Gasteiger partial charge in [-0.05, 0) is 25.0 Å². The number of anilines is 2. The van der Waals surface area contributed by atoms with E-state index in [4.69, 9.17) is 10.6 Å². The SMILES string of the molecule is NNc1nc(NC2(CO)CCOCC2)c2ccccc2n1. The summed E-state index contributed by atoms with van der Waals surface area (Å²) in [7, 11) is 0. The van der Waals surface area contributed by atoms with Crippen molar-refractivity contribution in [1.82, 2.24) is 9.97 Å². The van der Waals surface area contributed by atoms with Crippen LogP contribution in [0.25, 0.3) is 10.9 Å². The smallest absolute Gasteiger partial charge is 0.239 e. The van der Waals surface area contributed by atoms with Crippen LogP contribution in [0.4, 0.5) is 11.8 Å². The zero-order valence-corrected chi connectivity index (χ0v) is 11.7. The van der Waals surface area contributed by atoms with Crippen LogP contribution < -0.4 is 16.6 Å². The fraction of sp³-hybridized carbons (Fsp3) is 0.429. The zero-order chi connectivity index (χ0) is 14.7. The predicted octanol–water partition coefficient (Wildman–Crippen LogP) is 0.869. The van der Waals surface area contributed by atoms with E-state index >= 15 is 0 Å². The number of hydrogen-bond donors (Lipinski definition) is 4. The maximum atomic E-state index is 9.80. The normalized spacial score (nSPS) is 17.6. The Morgan fingerprint density at radius 2 is 2.00 bits per heavy atom. The van der Waals surface area contributed by atoms with Crippen LogP contribution in [-0.2, 0) is 4.74 Å². The number of aliphatic hydroxyl groups excluding tert-OH is 1. The lowest BCUT2D eigenvalue weighted by Gasteiger charge is -2.37. The lowest BCUT2D eigenvalue weighted by atomic mass is 9.91. The molecule has 2 heterocycles. The van der Waals surface area contributed by atoms with Crippen molar-refractivity contribution in [2.24, 2.45) is 5.84 Å². The fourth-order valence-electron chi connectivity index (χ4n) is 2.57. The van der Waals surface area contributed by atoms with Gasteiger partial charge in [0.15, 0.2) is 0 Å². The van der Waals surface area contributed by atoms with Gasteiger partial charge in [0.2, 0.25) is 5.95 Å². The number of aliphatic hydroxyl groups is 1. The maximum absolute atomic E-state index is 9.80. The van der Waals surface area contributed by atoms with E-state index in [2.05, 4.69) is 20.7 Å². The molecule has 2 aromatic rings. The molecule has 0 atom stereocenters. The Morgan fingerprint density at radius 1 is 1.24 bits per heavy atom. The van der Waals surface area contributed by atoms with Gasteiger partial charge in [-0.25, -0.2) is 10.8 Å². The van der Waals surface area contributed by atoms with Gasteiger partial charge in [0.25, 0.3) is 0 Å². The van der Waals surface area contributed by atoms with Gasteiger partial charge < -0.3 is 15.2 Å². The molecule has 0 amide bonds. The van der Waals surface area contributed by atoms with Crippen molar-refractivity contribution in [3.63, 3.8) is 0 Å². The number of aromatic nitrogens is 2. The Hall–Kier alpha value is -1.96. The van der Waals surface area contributed by atoms with Crippen molar-refractivity contribution >= 4 is 22.7 Å². The van der Waals surface area contributed by atoms with Crippen LogP contribution in [0.3, 0.4) is 0 Å². The molecule has 1 aliphatic heterocycles. The summed E-state index contributed by atoms with van der Waals surface area (Å²) < 4.78 is 5.38. The number of hydrogen-bond acceptors (Lipinski definition) is 7. The first-order chi connectivity index (χ1) is 10.3. The second-order valence-corrected chi connectivity index (χ2v) is 5.23. The number of ether oxygens (including phenoxy) is 1. The summed E-state index contributed by atoms with van der Waals surface area (Å²) in [6.45, 7) is 1.28. The molecule has 3 rings (SSSR count). The lowest BCUT2D eigenvalue weighted by molar-refractivity contribution is 0.0379. The third kappa shape index (κ3) is 2.76. The minimum Gasteiger partial charge on any atom is -0.394 e. The molecule has 1 aliphatic rings. The standard InChI is InChI=1S/C14H19N5O2/c15-19-13-16-11-4-2-1-3-10(11)12(17-13)18-14(9-20)5-7-21-8-6-14/h1-4,20H,5-9,15H2,(H2,16,17,18,19). The summed E-state index contributed by atoms with van der Waals surface area (Å²) in [5, 5.41) is 14.1. The average Bonchev–Trinajstić information content (AvgIpc) is 2.55. The number of nitrogens with zero attached hydrogens (tertiary/aromatic N) is 2. The van der Waals surface area contributed by atoms with Gasteiger partial charge in [-0.2, -0.15) is 4.98 Å². The van der Waals surface area contributed by atoms with Crippen LogP contribution in [0.5, 0.6) is 0 Å². The van der Waals surface area contributed by atoms with Gasteiger partial charge in [-0.3, -0.25) is 5.43 Å². The fourth-order valence-corrected chi connectivity index (χ4v) is 2.57. The van der Waals surface area contributed by atoms with E-state index in [-0.39, 0.29) is 6.61 Å². The Labute approximate surface area is 122 Å². The number of para-hydroxylation sites is 1. The molecule has 1 fully saturated rings. The lowest BCUT2D eigenvalue weighted by Crippen LogP contribution is -2.47. The number of nitrogens with one attached hydrogen (secondary N) is 2. The van der Waals surface area contributed by atoms with Crippen molar-refractivity contribution in [1.29, 1.82) is 0 Å². The summed E-state index contributed by atoms with van der Waals surface area (Å²) in [5.74, 6) is 6.45. The minimum absolute atomic E-state index is 0.0279. The molecule has 5 N–H and O–H groups in total. The highest BCUT2D eigenvalue weighted by molar-refractivity contribution is 5.90. The van der Waals surface area contributed by atoms with Gasteiger partial charge in [0.05, 0.1) is 17.7 Å². The molecule has 7 nitrogen and oxygen atoms in total. The summed E-state index contributed by atoms with van der Waals surface area (Å²) >= 11 is 0. The molecule has 21 heavy (non-hydrogen) atoms. The zero-order valence-electron chi connectivity index (χ0n) is 11.7. The third-order valence-corrected chi connectivity index (χ3v) is 3.87. The molecule has 0 saturated carbocycles. The highest BCUT2D eigenvalue weighted by Gasteiger charge is 2.32. The van der Waals surface area contributed by atoms with Crippen molar-refractivity contribution in [3.8, 4) is 0 Å². The van der Waals surface area contributed by atoms with Crippen molar-refractivity contribution < 1.29 is 9.84 Å². The molecule has 7 heteroatoms. The van der Waals surface area contributed by atoms with Gasteiger partial charge in [-0.15, -0.1) is 0 Å². The number of rotatable bonds is 4. The van der Waals surface area contributed by atoms with Crippen LogP contribution in [0.1, 0.15) is 12.8 Å². The maximum Gasteiger partial charge on any atom is 0.239 e. The first-order valence-corrected chi connectivity index (χ1v) is 6.96. The van der Waals surface area contributed by atoms with Crippen LogP contribution in [-0.4, -0.2) is 40.4 Å². The van der Waals surface area contributed by atoms with E-state index in [0.717, 1.165) is 23.7 Å². The molecule has 1 aromatic heterocycles. The molecule has 0 radical (unpaired) electrons. The number of hydrazine groups is 1. The van der Waals surface area contributed by atoms with Gasteiger partial charge in [0, 0.05) is 18.6 Å². The molecule has 1 saturated heterocycles. The summed E-state index contributed by atoms with van der Waals surface area (Å²) in [4.78, 5) is 8.72. The van der Waals surface area contributed by atoms with Gasteiger partial charge >= 0.3 is 0 Å². The Morgan fingerprint density at radius 3 is 2.71 bits per heavy atom. The van der Waals surface area contributed by atoms with Crippen LogP contribution in [0.2, 0.25) is 0 Å². The second kappa shape index (κ2) is 5.80.